The van der Waals surface area contributed by atoms with E-state index in [1.165, 1.54) is 0 Å². The average molecular weight is 365 g/mol. The SMILES string of the molecule is CC(NC(=O)c1ccccc1)C(=O)N1CCN(C(=O)c2ccccc2)CC1. The highest BCUT2D eigenvalue weighted by Crippen LogP contribution is 2.10. The Morgan fingerprint density at radius 1 is 0.778 bits per heavy atom. The summed E-state index contributed by atoms with van der Waals surface area (Å²) in [5.74, 6) is -0.423. The summed E-state index contributed by atoms with van der Waals surface area (Å²) in [6.45, 7) is 3.58. The van der Waals surface area contributed by atoms with E-state index in [4.69, 9.17) is 0 Å². The molecule has 2 aromatic carbocycles. The fourth-order valence-electron chi connectivity index (χ4n) is 3.10. The fraction of sp³-hybridized carbons (Fsp3) is 0.286. The first-order chi connectivity index (χ1) is 13.1. The third kappa shape index (κ3) is 4.53. The van der Waals surface area contributed by atoms with Crippen molar-refractivity contribution in [1.82, 2.24) is 15.1 Å². The number of amides is 3. The molecule has 1 aliphatic rings. The number of benzene rings is 2. The number of nitrogens with zero attached hydrogens (tertiary/aromatic N) is 2. The van der Waals surface area contributed by atoms with Crippen molar-refractivity contribution in [3.8, 4) is 0 Å². The lowest BCUT2D eigenvalue weighted by molar-refractivity contribution is -0.134. The van der Waals surface area contributed by atoms with Crippen LogP contribution < -0.4 is 5.32 Å². The van der Waals surface area contributed by atoms with E-state index in [0.717, 1.165) is 0 Å². The number of rotatable bonds is 4. The second-order valence-corrected chi connectivity index (χ2v) is 6.54. The molecule has 1 N–H and O–H groups in total. The minimum atomic E-state index is -0.617. The molecule has 1 fully saturated rings. The van der Waals surface area contributed by atoms with E-state index in [9.17, 15) is 14.4 Å². The van der Waals surface area contributed by atoms with Crippen molar-refractivity contribution < 1.29 is 14.4 Å². The zero-order chi connectivity index (χ0) is 19.2. The van der Waals surface area contributed by atoms with Gasteiger partial charge in [0.2, 0.25) is 5.91 Å². The fourth-order valence-corrected chi connectivity index (χ4v) is 3.10. The van der Waals surface area contributed by atoms with Crippen molar-refractivity contribution in [3.05, 3.63) is 71.8 Å². The van der Waals surface area contributed by atoms with Gasteiger partial charge in [0.05, 0.1) is 0 Å². The van der Waals surface area contributed by atoms with Crippen molar-refractivity contribution in [1.29, 1.82) is 0 Å². The summed E-state index contributed by atoms with van der Waals surface area (Å²) in [6, 6.07) is 17.3. The van der Waals surface area contributed by atoms with Gasteiger partial charge in [0.25, 0.3) is 11.8 Å². The first-order valence-corrected chi connectivity index (χ1v) is 9.05. The Kier molecular flexibility index (Phi) is 5.86. The molecule has 0 bridgehead atoms. The van der Waals surface area contributed by atoms with E-state index in [1.54, 1.807) is 53.1 Å². The summed E-state index contributed by atoms with van der Waals surface area (Å²) in [7, 11) is 0. The number of piperazine rings is 1. The molecular formula is C21H23N3O3. The highest BCUT2D eigenvalue weighted by molar-refractivity contribution is 5.97. The largest absolute Gasteiger partial charge is 0.341 e. The van der Waals surface area contributed by atoms with Gasteiger partial charge >= 0.3 is 0 Å². The number of hydrogen-bond acceptors (Lipinski definition) is 3. The van der Waals surface area contributed by atoms with E-state index < -0.39 is 6.04 Å². The van der Waals surface area contributed by atoms with Gasteiger partial charge in [-0.25, -0.2) is 0 Å². The molecule has 3 amide bonds. The average Bonchev–Trinajstić information content (AvgIpc) is 2.74. The van der Waals surface area contributed by atoms with Gasteiger partial charge in [0.15, 0.2) is 0 Å². The number of carbonyl (C=O) groups excluding carboxylic acids is 3. The lowest BCUT2D eigenvalue weighted by Crippen LogP contribution is -2.55. The maximum absolute atomic E-state index is 12.6. The molecule has 1 aliphatic heterocycles. The van der Waals surface area contributed by atoms with E-state index in [0.29, 0.717) is 37.3 Å². The highest BCUT2D eigenvalue weighted by atomic mass is 16.2. The first kappa shape index (κ1) is 18.6. The van der Waals surface area contributed by atoms with Crippen molar-refractivity contribution >= 4 is 17.7 Å². The Hall–Kier alpha value is -3.15. The molecule has 0 spiro atoms. The van der Waals surface area contributed by atoms with Crippen LogP contribution in [0, 0.1) is 0 Å². The van der Waals surface area contributed by atoms with Gasteiger partial charge in [-0.3, -0.25) is 14.4 Å². The zero-order valence-corrected chi connectivity index (χ0v) is 15.3. The Morgan fingerprint density at radius 3 is 1.81 bits per heavy atom. The summed E-state index contributed by atoms with van der Waals surface area (Å²) < 4.78 is 0. The minimum absolute atomic E-state index is 0.0203. The summed E-state index contributed by atoms with van der Waals surface area (Å²) >= 11 is 0. The lowest BCUT2D eigenvalue weighted by atomic mass is 10.1. The zero-order valence-electron chi connectivity index (χ0n) is 15.3. The lowest BCUT2D eigenvalue weighted by Gasteiger charge is -2.36. The van der Waals surface area contributed by atoms with Crippen LogP contribution in [0.5, 0.6) is 0 Å². The molecule has 2 aromatic rings. The van der Waals surface area contributed by atoms with E-state index in [-0.39, 0.29) is 17.7 Å². The molecule has 1 heterocycles. The number of carbonyl (C=O) groups is 3. The predicted octanol–water partition coefficient (Wildman–Crippen LogP) is 1.79. The van der Waals surface area contributed by atoms with Crippen LogP contribution in [-0.2, 0) is 4.79 Å². The van der Waals surface area contributed by atoms with Crippen LogP contribution in [0.2, 0.25) is 0 Å². The monoisotopic (exact) mass is 365 g/mol. The molecule has 0 aromatic heterocycles. The first-order valence-electron chi connectivity index (χ1n) is 9.05. The second-order valence-electron chi connectivity index (χ2n) is 6.54. The Labute approximate surface area is 158 Å². The third-order valence-corrected chi connectivity index (χ3v) is 4.65. The molecule has 140 valence electrons. The standard InChI is InChI=1S/C21H23N3O3/c1-16(22-19(25)17-8-4-2-5-9-17)20(26)23-12-14-24(15-13-23)21(27)18-10-6-3-7-11-18/h2-11,16H,12-15H2,1H3,(H,22,25). The maximum Gasteiger partial charge on any atom is 0.253 e. The van der Waals surface area contributed by atoms with Crippen molar-refractivity contribution in [2.24, 2.45) is 0 Å². The Morgan fingerprint density at radius 2 is 1.26 bits per heavy atom. The van der Waals surface area contributed by atoms with Crippen molar-refractivity contribution in [3.63, 3.8) is 0 Å². The smallest absolute Gasteiger partial charge is 0.253 e. The van der Waals surface area contributed by atoms with Gasteiger partial charge in [-0.05, 0) is 31.2 Å². The van der Waals surface area contributed by atoms with E-state index in [1.807, 2.05) is 24.3 Å². The van der Waals surface area contributed by atoms with Crippen LogP contribution in [0.3, 0.4) is 0 Å². The molecule has 1 atom stereocenters. The topological polar surface area (TPSA) is 69.7 Å². The van der Waals surface area contributed by atoms with Gasteiger partial charge in [-0.15, -0.1) is 0 Å². The van der Waals surface area contributed by atoms with Crippen LogP contribution in [0.15, 0.2) is 60.7 Å². The maximum atomic E-state index is 12.6. The normalized spacial score (nSPS) is 15.1. The van der Waals surface area contributed by atoms with Gasteiger partial charge in [-0.1, -0.05) is 36.4 Å². The van der Waals surface area contributed by atoms with Crippen molar-refractivity contribution in [2.75, 3.05) is 26.2 Å². The Balaban J connectivity index is 1.52. The van der Waals surface area contributed by atoms with E-state index in [2.05, 4.69) is 5.32 Å². The summed E-state index contributed by atoms with van der Waals surface area (Å²) in [4.78, 5) is 40.8. The molecule has 6 heteroatoms. The number of nitrogens with one attached hydrogen (secondary N) is 1. The van der Waals surface area contributed by atoms with Gasteiger partial charge in [0, 0.05) is 37.3 Å². The van der Waals surface area contributed by atoms with Crippen LogP contribution >= 0.6 is 0 Å². The summed E-state index contributed by atoms with van der Waals surface area (Å²) in [6.07, 6.45) is 0. The molecule has 1 saturated heterocycles. The number of hydrogen-bond donors (Lipinski definition) is 1. The minimum Gasteiger partial charge on any atom is -0.341 e. The summed E-state index contributed by atoms with van der Waals surface area (Å²) in [5.41, 5.74) is 1.18. The molecule has 0 saturated carbocycles. The molecule has 0 aliphatic carbocycles. The van der Waals surface area contributed by atoms with Crippen molar-refractivity contribution in [2.45, 2.75) is 13.0 Å². The van der Waals surface area contributed by atoms with Crippen LogP contribution in [0.25, 0.3) is 0 Å². The quantitative estimate of drug-likeness (QED) is 0.898. The molecule has 3 rings (SSSR count). The van der Waals surface area contributed by atoms with E-state index >= 15 is 0 Å². The molecule has 0 radical (unpaired) electrons. The molecule has 6 nitrogen and oxygen atoms in total. The third-order valence-electron chi connectivity index (χ3n) is 4.65. The second kappa shape index (κ2) is 8.49. The van der Waals surface area contributed by atoms with Crippen LogP contribution in [0.4, 0.5) is 0 Å². The van der Waals surface area contributed by atoms with Crippen LogP contribution in [-0.4, -0.2) is 59.7 Å². The summed E-state index contributed by atoms with van der Waals surface area (Å²) in [5, 5.41) is 2.74. The molecule has 1 unspecified atom stereocenters. The molecular weight excluding hydrogens is 342 g/mol. The van der Waals surface area contributed by atoms with Gasteiger partial charge in [0.1, 0.15) is 6.04 Å². The highest BCUT2D eigenvalue weighted by Gasteiger charge is 2.28. The predicted molar refractivity (Wildman–Crippen MR) is 102 cm³/mol. The Bertz CT molecular complexity index is 800. The van der Waals surface area contributed by atoms with Gasteiger partial charge < -0.3 is 15.1 Å². The van der Waals surface area contributed by atoms with Gasteiger partial charge in [-0.2, -0.15) is 0 Å². The van der Waals surface area contributed by atoms with Crippen LogP contribution in [0.1, 0.15) is 27.6 Å². The molecule has 27 heavy (non-hydrogen) atoms.